The highest BCUT2D eigenvalue weighted by molar-refractivity contribution is 5.84. The van der Waals surface area contributed by atoms with Gasteiger partial charge in [-0.15, -0.1) is 0 Å². The van der Waals surface area contributed by atoms with E-state index in [9.17, 15) is 9.59 Å². The van der Waals surface area contributed by atoms with E-state index in [4.69, 9.17) is 9.72 Å². The summed E-state index contributed by atoms with van der Waals surface area (Å²) in [6, 6.07) is 3.48. The molecule has 2 amide bonds. The lowest BCUT2D eigenvalue weighted by molar-refractivity contribution is -0.130. The Labute approximate surface area is 218 Å². The molecule has 10 heteroatoms. The summed E-state index contributed by atoms with van der Waals surface area (Å²) in [4.78, 5) is 35.3. The van der Waals surface area contributed by atoms with Gasteiger partial charge in [0.1, 0.15) is 17.5 Å². The Kier molecular flexibility index (Phi) is 7.07. The van der Waals surface area contributed by atoms with Crippen LogP contribution >= 0.6 is 0 Å². The molecule has 10 nitrogen and oxygen atoms in total. The predicted molar refractivity (Wildman–Crippen MR) is 141 cm³/mol. The van der Waals surface area contributed by atoms with E-state index in [0.717, 1.165) is 28.2 Å². The number of fused-ring (bicyclic) bond motifs is 1. The summed E-state index contributed by atoms with van der Waals surface area (Å²) >= 11 is 0. The van der Waals surface area contributed by atoms with Gasteiger partial charge in [-0.3, -0.25) is 14.4 Å². The summed E-state index contributed by atoms with van der Waals surface area (Å²) < 4.78 is 9.40. The van der Waals surface area contributed by atoms with Crippen LogP contribution in [0.4, 0.5) is 4.79 Å². The highest BCUT2D eigenvalue weighted by Gasteiger charge is 2.39. The predicted octanol–water partition coefficient (Wildman–Crippen LogP) is 3.16. The smallest absolute Gasteiger partial charge is 0.410 e. The van der Waals surface area contributed by atoms with Gasteiger partial charge in [0.2, 0.25) is 5.91 Å². The van der Waals surface area contributed by atoms with Crippen LogP contribution in [0.2, 0.25) is 0 Å². The average Bonchev–Trinajstić information content (AvgIpc) is 3.36. The molecule has 3 aromatic heterocycles. The molecule has 3 aromatic rings. The van der Waals surface area contributed by atoms with Gasteiger partial charge >= 0.3 is 6.09 Å². The highest BCUT2D eigenvalue weighted by atomic mass is 16.6. The van der Waals surface area contributed by atoms with Crippen molar-refractivity contribution in [2.24, 2.45) is 7.05 Å². The van der Waals surface area contributed by atoms with Crippen molar-refractivity contribution in [2.45, 2.75) is 72.2 Å². The van der Waals surface area contributed by atoms with Crippen LogP contribution in [0.1, 0.15) is 57.3 Å². The zero-order valence-corrected chi connectivity index (χ0v) is 23.2. The summed E-state index contributed by atoms with van der Waals surface area (Å²) in [6.07, 6.45) is 5.32. The van der Waals surface area contributed by atoms with E-state index >= 15 is 0 Å². The molecule has 0 radical (unpaired) electrons. The monoisotopic (exact) mass is 509 g/mol. The number of ether oxygens (including phenoxy) is 1. The number of carbonyl (C=O) groups excluding carboxylic acids is 2. The molecule has 37 heavy (non-hydrogen) atoms. The number of nitrogens with one attached hydrogen (secondary N) is 1. The number of hydrogen-bond acceptors (Lipinski definition) is 6. The number of piperazine rings is 1. The number of nitrogens with zero attached hydrogens (tertiary/aromatic N) is 6. The van der Waals surface area contributed by atoms with Crippen LogP contribution in [0.15, 0.2) is 30.7 Å². The number of imidazole rings is 1. The molecule has 1 atom stereocenters. The molecule has 1 saturated heterocycles. The number of pyridine rings is 1. The Bertz CT molecular complexity index is 1300. The Morgan fingerprint density at radius 2 is 1.89 bits per heavy atom. The fourth-order valence-electron chi connectivity index (χ4n) is 4.95. The van der Waals surface area contributed by atoms with Gasteiger partial charge in [-0.2, -0.15) is 5.10 Å². The molecule has 0 bridgehead atoms. The van der Waals surface area contributed by atoms with Crippen molar-refractivity contribution in [3.05, 3.63) is 53.4 Å². The molecule has 200 valence electrons. The van der Waals surface area contributed by atoms with E-state index in [0.29, 0.717) is 19.6 Å². The maximum absolute atomic E-state index is 13.9. The van der Waals surface area contributed by atoms with E-state index in [2.05, 4.69) is 28.3 Å². The summed E-state index contributed by atoms with van der Waals surface area (Å²) in [5, 5.41) is 7.50. The van der Waals surface area contributed by atoms with Crippen LogP contribution in [-0.4, -0.2) is 72.2 Å². The molecule has 0 saturated carbocycles. The van der Waals surface area contributed by atoms with Gasteiger partial charge in [-0.25, -0.2) is 9.78 Å². The molecular formula is C27H39N7O3. The lowest BCUT2D eigenvalue weighted by atomic mass is 10.0. The maximum Gasteiger partial charge on any atom is 0.410 e. The Morgan fingerprint density at radius 1 is 1.16 bits per heavy atom. The largest absolute Gasteiger partial charge is 0.444 e. The summed E-state index contributed by atoms with van der Waals surface area (Å²) in [5.41, 5.74) is 2.74. The van der Waals surface area contributed by atoms with E-state index in [-0.39, 0.29) is 12.5 Å². The van der Waals surface area contributed by atoms with Gasteiger partial charge in [0.15, 0.2) is 0 Å². The molecule has 1 N–H and O–H groups in total. The zero-order valence-electron chi connectivity index (χ0n) is 23.2. The summed E-state index contributed by atoms with van der Waals surface area (Å²) in [6.45, 7) is 15.3. The third kappa shape index (κ3) is 5.79. The standard InChI is InChI=1S/C27H39N7O3/c1-18-10-9-11-34-22(18)19(2)29-24(34)27(6,7)30-23(35)21-17-33(25(36)37-26(3,4)5)13-12-32(21)16-20-14-28-31(8)15-20/h9-11,14-15,21H,12-13,16-17H2,1-8H3,(H,30,35)/t21-/m0/s1. The number of rotatable bonds is 5. The number of amides is 2. The second kappa shape index (κ2) is 9.81. The van der Waals surface area contributed by atoms with Crippen molar-refractivity contribution in [2.75, 3.05) is 19.6 Å². The van der Waals surface area contributed by atoms with Crippen LogP contribution < -0.4 is 5.32 Å². The molecule has 0 unspecified atom stereocenters. The Balaban J connectivity index is 1.60. The number of hydrogen-bond donors (Lipinski definition) is 1. The fourth-order valence-corrected chi connectivity index (χ4v) is 4.95. The molecule has 1 fully saturated rings. The Morgan fingerprint density at radius 3 is 2.54 bits per heavy atom. The minimum absolute atomic E-state index is 0.163. The van der Waals surface area contributed by atoms with Crippen molar-refractivity contribution in [3.8, 4) is 0 Å². The second-order valence-corrected chi connectivity index (χ2v) is 11.5. The lowest BCUT2D eigenvalue weighted by Gasteiger charge is -2.41. The van der Waals surface area contributed by atoms with E-state index in [1.54, 1.807) is 15.8 Å². The van der Waals surface area contributed by atoms with E-state index < -0.39 is 23.3 Å². The first-order valence-electron chi connectivity index (χ1n) is 12.7. The van der Waals surface area contributed by atoms with Crippen LogP contribution in [0.3, 0.4) is 0 Å². The first kappa shape index (κ1) is 26.7. The first-order valence-corrected chi connectivity index (χ1v) is 12.7. The quantitative estimate of drug-likeness (QED) is 0.568. The van der Waals surface area contributed by atoms with Crippen molar-refractivity contribution in [1.82, 2.24) is 34.3 Å². The average molecular weight is 510 g/mol. The van der Waals surface area contributed by atoms with Gasteiger partial charge in [0, 0.05) is 51.2 Å². The Hall–Kier alpha value is -3.40. The molecule has 0 aromatic carbocycles. The maximum atomic E-state index is 13.9. The normalized spacial score (nSPS) is 17.3. The van der Waals surface area contributed by atoms with Gasteiger partial charge in [-0.1, -0.05) is 6.07 Å². The molecule has 1 aliphatic heterocycles. The molecule has 0 aliphatic carbocycles. The summed E-state index contributed by atoms with van der Waals surface area (Å²) in [7, 11) is 1.87. The minimum atomic E-state index is -0.754. The topological polar surface area (TPSA) is 97.0 Å². The van der Waals surface area contributed by atoms with Crippen molar-refractivity contribution >= 4 is 17.5 Å². The lowest BCUT2D eigenvalue weighted by Crippen LogP contribution is -2.61. The molecule has 0 spiro atoms. The van der Waals surface area contributed by atoms with Gasteiger partial charge in [0.05, 0.1) is 22.9 Å². The SMILES string of the molecule is Cc1cccn2c(C(C)(C)NC(=O)[C@@H]3CN(C(=O)OC(C)(C)C)CCN3Cc3cnn(C)c3)nc(C)c12. The second-order valence-electron chi connectivity index (χ2n) is 11.5. The number of aryl methyl sites for hydroxylation is 3. The minimum Gasteiger partial charge on any atom is -0.444 e. The molecular weight excluding hydrogens is 470 g/mol. The third-order valence-corrected chi connectivity index (χ3v) is 6.62. The number of aromatic nitrogens is 4. The van der Waals surface area contributed by atoms with Crippen LogP contribution in [0.5, 0.6) is 0 Å². The summed E-state index contributed by atoms with van der Waals surface area (Å²) in [5.74, 6) is 0.597. The van der Waals surface area contributed by atoms with E-state index in [1.807, 2.05) is 71.5 Å². The molecule has 4 rings (SSSR count). The van der Waals surface area contributed by atoms with E-state index in [1.165, 1.54) is 0 Å². The van der Waals surface area contributed by atoms with Crippen molar-refractivity contribution < 1.29 is 14.3 Å². The molecule has 4 heterocycles. The van der Waals surface area contributed by atoms with Crippen LogP contribution in [-0.2, 0) is 28.7 Å². The van der Waals surface area contributed by atoms with Crippen molar-refractivity contribution in [3.63, 3.8) is 0 Å². The third-order valence-electron chi connectivity index (χ3n) is 6.62. The zero-order chi connectivity index (χ0) is 27.1. The van der Waals surface area contributed by atoms with Crippen molar-refractivity contribution in [1.29, 1.82) is 0 Å². The number of carbonyl (C=O) groups is 2. The van der Waals surface area contributed by atoms with Gasteiger partial charge in [-0.05, 0) is 60.1 Å². The van der Waals surface area contributed by atoms with Crippen LogP contribution in [0, 0.1) is 13.8 Å². The first-order chi connectivity index (χ1) is 17.2. The molecule has 1 aliphatic rings. The van der Waals surface area contributed by atoms with Crippen LogP contribution in [0.25, 0.3) is 5.52 Å². The highest BCUT2D eigenvalue weighted by Crippen LogP contribution is 2.26. The van der Waals surface area contributed by atoms with Gasteiger partial charge < -0.3 is 19.4 Å². The fraction of sp³-hybridized carbons (Fsp3) is 0.556. The van der Waals surface area contributed by atoms with Gasteiger partial charge in [0.25, 0.3) is 0 Å².